The highest BCUT2D eigenvalue weighted by molar-refractivity contribution is 5.91. The van der Waals surface area contributed by atoms with Gasteiger partial charge in [0.05, 0.1) is 18.7 Å². The molecule has 0 spiro atoms. The molecule has 2 rings (SSSR count). The maximum absolute atomic E-state index is 14.6. The van der Waals surface area contributed by atoms with Gasteiger partial charge in [-0.2, -0.15) is 0 Å². The number of esters is 2. The SMILES string of the molecule is CCOC(=O)c1cc(F)cc(F)c1CN(CC(=O)OC(C)(C)C)Cc1ccccc1. The van der Waals surface area contributed by atoms with Crippen molar-refractivity contribution in [3.63, 3.8) is 0 Å². The van der Waals surface area contributed by atoms with E-state index in [9.17, 15) is 18.4 Å². The van der Waals surface area contributed by atoms with Crippen LogP contribution in [0.5, 0.6) is 0 Å². The predicted molar refractivity (Wildman–Crippen MR) is 109 cm³/mol. The van der Waals surface area contributed by atoms with Crippen LogP contribution in [0.2, 0.25) is 0 Å². The van der Waals surface area contributed by atoms with Crippen molar-refractivity contribution in [3.05, 3.63) is 70.8 Å². The predicted octanol–water partition coefficient (Wildman–Crippen LogP) is 4.49. The van der Waals surface area contributed by atoms with E-state index in [-0.39, 0.29) is 30.8 Å². The fraction of sp³-hybridized carbons (Fsp3) is 0.391. The van der Waals surface area contributed by atoms with Gasteiger partial charge in [-0.3, -0.25) is 9.69 Å². The topological polar surface area (TPSA) is 55.8 Å². The number of ether oxygens (including phenoxy) is 2. The lowest BCUT2D eigenvalue weighted by Crippen LogP contribution is -2.35. The highest BCUT2D eigenvalue weighted by Gasteiger charge is 2.24. The van der Waals surface area contributed by atoms with Gasteiger partial charge in [0.1, 0.15) is 17.2 Å². The quantitative estimate of drug-likeness (QED) is 0.591. The summed E-state index contributed by atoms with van der Waals surface area (Å²) in [5.74, 6) is -3.05. The molecule has 0 saturated heterocycles. The first-order chi connectivity index (χ1) is 14.1. The Bertz CT molecular complexity index is 879. The number of carbonyl (C=O) groups excluding carboxylic acids is 2. The fourth-order valence-electron chi connectivity index (χ4n) is 2.94. The van der Waals surface area contributed by atoms with Gasteiger partial charge in [-0.1, -0.05) is 30.3 Å². The lowest BCUT2D eigenvalue weighted by Gasteiger charge is -2.26. The van der Waals surface area contributed by atoms with Crippen LogP contribution in [0.15, 0.2) is 42.5 Å². The maximum atomic E-state index is 14.6. The van der Waals surface area contributed by atoms with E-state index in [1.807, 2.05) is 30.3 Å². The summed E-state index contributed by atoms with van der Waals surface area (Å²) in [6.45, 7) is 7.01. The summed E-state index contributed by atoms with van der Waals surface area (Å²) in [4.78, 5) is 26.3. The molecule has 2 aromatic rings. The summed E-state index contributed by atoms with van der Waals surface area (Å²) in [5, 5.41) is 0. The Hall–Kier alpha value is -2.80. The zero-order valence-electron chi connectivity index (χ0n) is 17.7. The van der Waals surface area contributed by atoms with Crippen LogP contribution in [-0.4, -0.2) is 35.6 Å². The van der Waals surface area contributed by atoms with Gasteiger partial charge in [-0.05, 0) is 39.3 Å². The lowest BCUT2D eigenvalue weighted by molar-refractivity contribution is -0.156. The Morgan fingerprint density at radius 1 is 1.03 bits per heavy atom. The van der Waals surface area contributed by atoms with Crippen molar-refractivity contribution in [2.75, 3.05) is 13.2 Å². The van der Waals surface area contributed by atoms with Crippen LogP contribution >= 0.6 is 0 Å². The summed E-state index contributed by atoms with van der Waals surface area (Å²) in [7, 11) is 0. The van der Waals surface area contributed by atoms with Crippen LogP contribution in [0.3, 0.4) is 0 Å². The molecule has 0 aliphatic rings. The first kappa shape index (κ1) is 23.5. The highest BCUT2D eigenvalue weighted by atomic mass is 19.1. The normalized spacial score (nSPS) is 11.4. The molecule has 0 bridgehead atoms. The van der Waals surface area contributed by atoms with Crippen molar-refractivity contribution >= 4 is 11.9 Å². The van der Waals surface area contributed by atoms with E-state index in [4.69, 9.17) is 9.47 Å². The van der Waals surface area contributed by atoms with Gasteiger partial charge in [0.25, 0.3) is 0 Å². The smallest absolute Gasteiger partial charge is 0.338 e. The summed E-state index contributed by atoms with van der Waals surface area (Å²) in [5.41, 5.74) is -0.0144. The minimum Gasteiger partial charge on any atom is -0.462 e. The Morgan fingerprint density at radius 2 is 1.70 bits per heavy atom. The van der Waals surface area contributed by atoms with E-state index < -0.39 is 29.2 Å². The third kappa shape index (κ3) is 7.22. The third-order valence-corrected chi connectivity index (χ3v) is 4.06. The van der Waals surface area contributed by atoms with Gasteiger partial charge in [0.2, 0.25) is 0 Å². The molecule has 0 radical (unpaired) electrons. The number of hydrogen-bond donors (Lipinski definition) is 0. The number of halogens is 2. The Labute approximate surface area is 175 Å². The molecule has 0 saturated carbocycles. The molecule has 0 unspecified atom stereocenters. The maximum Gasteiger partial charge on any atom is 0.338 e. The van der Waals surface area contributed by atoms with Crippen LogP contribution < -0.4 is 0 Å². The van der Waals surface area contributed by atoms with E-state index in [0.717, 1.165) is 11.6 Å². The molecule has 0 fully saturated rings. The molecular weight excluding hydrogens is 392 g/mol. The average molecular weight is 419 g/mol. The number of carbonyl (C=O) groups is 2. The van der Waals surface area contributed by atoms with Crippen molar-refractivity contribution in [2.24, 2.45) is 0 Å². The van der Waals surface area contributed by atoms with Crippen LogP contribution in [0.25, 0.3) is 0 Å². The van der Waals surface area contributed by atoms with Crippen molar-refractivity contribution in [3.8, 4) is 0 Å². The summed E-state index contributed by atoms with van der Waals surface area (Å²) in [6.07, 6.45) is 0. The summed E-state index contributed by atoms with van der Waals surface area (Å²) >= 11 is 0. The molecule has 162 valence electrons. The van der Waals surface area contributed by atoms with Crippen molar-refractivity contribution in [1.82, 2.24) is 4.90 Å². The molecule has 7 heteroatoms. The number of hydrogen-bond acceptors (Lipinski definition) is 5. The van der Waals surface area contributed by atoms with E-state index in [2.05, 4.69) is 0 Å². The fourth-order valence-corrected chi connectivity index (χ4v) is 2.94. The Morgan fingerprint density at radius 3 is 2.30 bits per heavy atom. The van der Waals surface area contributed by atoms with Crippen LogP contribution in [0.4, 0.5) is 8.78 Å². The number of benzene rings is 2. The molecule has 0 aromatic heterocycles. The summed E-state index contributed by atoms with van der Waals surface area (Å²) in [6, 6.07) is 11.0. The molecule has 2 aromatic carbocycles. The van der Waals surface area contributed by atoms with E-state index in [0.29, 0.717) is 12.6 Å². The number of rotatable bonds is 8. The highest BCUT2D eigenvalue weighted by Crippen LogP contribution is 2.21. The van der Waals surface area contributed by atoms with Gasteiger partial charge in [-0.15, -0.1) is 0 Å². The zero-order valence-corrected chi connectivity index (χ0v) is 17.7. The second-order valence-electron chi connectivity index (χ2n) is 7.85. The Balaban J connectivity index is 2.35. The molecule has 5 nitrogen and oxygen atoms in total. The van der Waals surface area contributed by atoms with E-state index >= 15 is 0 Å². The molecule has 0 N–H and O–H groups in total. The summed E-state index contributed by atoms with van der Waals surface area (Å²) < 4.78 is 38.7. The van der Waals surface area contributed by atoms with Gasteiger partial charge < -0.3 is 9.47 Å². The minimum atomic E-state index is -0.875. The van der Waals surface area contributed by atoms with Crippen molar-refractivity contribution < 1.29 is 27.8 Å². The minimum absolute atomic E-state index is 0.0330. The largest absolute Gasteiger partial charge is 0.462 e. The standard InChI is InChI=1S/C23H27F2NO4/c1-5-29-22(28)18-11-17(24)12-20(25)19(18)14-26(13-16-9-7-6-8-10-16)15-21(27)30-23(2,3)4/h6-12H,5,13-15H2,1-4H3. The molecule has 0 atom stereocenters. The monoisotopic (exact) mass is 419 g/mol. The molecule has 30 heavy (non-hydrogen) atoms. The molecule has 0 amide bonds. The lowest BCUT2D eigenvalue weighted by atomic mass is 10.1. The molecular formula is C23H27F2NO4. The van der Waals surface area contributed by atoms with E-state index in [1.165, 1.54) is 0 Å². The van der Waals surface area contributed by atoms with Crippen molar-refractivity contribution in [2.45, 2.75) is 46.4 Å². The van der Waals surface area contributed by atoms with Gasteiger partial charge >= 0.3 is 11.9 Å². The van der Waals surface area contributed by atoms with Crippen LogP contribution in [-0.2, 0) is 27.4 Å². The zero-order chi connectivity index (χ0) is 22.3. The first-order valence-electron chi connectivity index (χ1n) is 9.72. The van der Waals surface area contributed by atoms with E-state index in [1.54, 1.807) is 32.6 Å². The van der Waals surface area contributed by atoms with Crippen LogP contribution in [0, 0.1) is 11.6 Å². The van der Waals surface area contributed by atoms with Gasteiger partial charge in [-0.25, -0.2) is 13.6 Å². The second kappa shape index (κ2) is 10.3. The molecule has 0 aliphatic carbocycles. The second-order valence-corrected chi connectivity index (χ2v) is 7.85. The Kier molecular flexibility index (Phi) is 8.06. The third-order valence-electron chi connectivity index (χ3n) is 4.06. The molecule has 0 heterocycles. The van der Waals surface area contributed by atoms with Gasteiger partial charge in [0, 0.05) is 24.7 Å². The average Bonchev–Trinajstić information content (AvgIpc) is 2.63. The first-order valence-corrected chi connectivity index (χ1v) is 9.72. The number of nitrogens with zero attached hydrogens (tertiary/aromatic N) is 1. The van der Waals surface area contributed by atoms with Crippen LogP contribution in [0.1, 0.15) is 49.2 Å². The van der Waals surface area contributed by atoms with Crippen molar-refractivity contribution in [1.29, 1.82) is 0 Å². The molecule has 0 aliphatic heterocycles. The van der Waals surface area contributed by atoms with Gasteiger partial charge in [0.15, 0.2) is 0 Å².